The first kappa shape index (κ1) is 40.2. The van der Waals surface area contributed by atoms with Crippen LogP contribution in [0, 0.1) is 79.8 Å². The molecule has 0 unspecified atom stereocenters. The van der Waals surface area contributed by atoms with E-state index in [0.29, 0.717) is 47.8 Å². The van der Waals surface area contributed by atoms with E-state index in [4.69, 9.17) is 4.74 Å². The van der Waals surface area contributed by atoms with Gasteiger partial charge in [-0.05, 0) is 167 Å². The van der Waals surface area contributed by atoms with E-state index in [1.165, 1.54) is 64.5 Å². The number of nitrogens with one attached hydrogen (secondary N) is 1. The second-order valence-electron chi connectivity index (χ2n) is 23.5. The van der Waals surface area contributed by atoms with Crippen molar-refractivity contribution in [2.45, 2.75) is 183 Å². The van der Waals surface area contributed by atoms with E-state index in [1.807, 2.05) is 13.8 Å². The molecule has 7 saturated carbocycles. The molecule has 7 nitrogen and oxygen atoms in total. The Labute approximate surface area is 334 Å². The summed E-state index contributed by atoms with van der Waals surface area (Å²) in [5, 5.41) is 13.6. The monoisotopic (exact) mass is 763 g/mol. The van der Waals surface area contributed by atoms with E-state index >= 15 is 4.79 Å². The first-order valence-corrected chi connectivity index (χ1v) is 23.2. The normalized spacial score (nSPS) is 46.8. The van der Waals surface area contributed by atoms with Crippen LogP contribution < -0.4 is 5.32 Å². The molecule has 310 valence electrons. The Balaban J connectivity index is 1.03. The van der Waals surface area contributed by atoms with E-state index in [9.17, 15) is 14.7 Å². The molecule has 8 aliphatic rings. The van der Waals surface area contributed by atoms with Gasteiger partial charge in [-0.3, -0.25) is 14.4 Å². The van der Waals surface area contributed by atoms with Gasteiger partial charge in [0.1, 0.15) is 6.10 Å². The standard InChI is InChI=1S/C48H78N2O5/c1-30(2)31-16-23-48(41(54)49-47(19-10-11-20-47)29-50-26-12-13-27-50)25-24-45(8)32(38(31)48)14-15-36-44(7)21-18-37(43(5,6)35(44)17-22-46(36,45)9)55-40(53)34-28-33(39(51)52)42(34,3)4/h30-38H,10-29H2,1-9H3,(H,49,54)(H,51,52)/t31-,32+,33-,34+,35-,36+,37-,38+,44-,45+,46+,48-/m0/s1. The molecule has 7 aliphatic carbocycles. The molecule has 0 radical (unpaired) electrons. The molecule has 2 N–H and O–H groups in total. The molecule has 8 rings (SSSR count). The van der Waals surface area contributed by atoms with Crippen molar-refractivity contribution in [1.29, 1.82) is 0 Å². The van der Waals surface area contributed by atoms with Crippen molar-refractivity contribution >= 4 is 17.8 Å². The highest BCUT2D eigenvalue weighted by Crippen LogP contribution is 2.78. The molecule has 1 aliphatic heterocycles. The lowest BCUT2D eigenvalue weighted by molar-refractivity contribution is -0.252. The summed E-state index contributed by atoms with van der Waals surface area (Å²) < 4.78 is 6.47. The van der Waals surface area contributed by atoms with Gasteiger partial charge in [0, 0.05) is 12.0 Å². The molecular formula is C48H78N2O5. The number of nitrogens with zero attached hydrogens (tertiary/aromatic N) is 1. The highest BCUT2D eigenvalue weighted by atomic mass is 16.5. The lowest BCUT2D eigenvalue weighted by atomic mass is 9.32. The minimum absolute atomic E-state index is 0.0387. The third kappa shape index (κ3) is 5.80. The van der Waals surface area contributed by atoms with Gasteiger partial charge < -0.3 is 20.1 Å². The zero-order valence-electron chi connectivity index (χ0n) is 36.4. The fraction of sp³-hybridized carbons (Fsp3) is 0.938. The van der Waals surface area contributed by atoms with Crippen molar-refractivity contribution in [2.75, 3.05) is 19.6 Å². The molecule has 55 heavy (non-hydrogen) atoms. The maximum absolute atomic E-state index is 15.2. The van der Waals surface area contributed by atoms with Gasteiger partial charge >= 0.3 is 11.9 Å². The Morgan fingerprint density at radius 2 is 1.42 bits per heavy atom. The third-order valence-electron chi connectivity index (χ3n) is 20.5. The first-order valence-electron chi connectivity index (χ1n) is 23.2. The molecular weight excluding hydrogens is 685 g/mol. The minimum Gasteiger partial charge on any atom is -0.481 e. The molecule has 0 bridgehead atoms. The zero-order chi connectivity index (χ0) is 39.6. The van der Waals surface area contributed by atoms with Crippen LogP contribution in [0.1, 0.15) is 171 Å². The van der Waals surface area contributed by atoms with Crippen LogP contribution >= 0.6 is 0 Å². The number of hydrogen-bond acceptors (Lipinski definition) is 5. The third-order valence-corrected chi connectivity index (χ3v) is 20.5. The Kier molecular flexibility index (Phi) is 9.82. The Morgan fingerprint density at radius 3 is 2.05 bits per heavy atom. The van der Waals surface area contributed by atoms with Crippen molar-refractivity contribution in [1.82, 2.24) is 10.2 Å². The largest absolute Gasteiger partial charge is 0.481 e. The van der Waals surface area contributed by atoms with E-state index in [-0.39, 0.29) is 50.6 Å². The molecule has 1 amide bonds. The van der Waals surface area contributed by atoms with Gasteiger partial charge in [0.25, 0.3) is 0 Å². The molecule has 0 aromatic heterocycles. The van der Waals surface area contributed by atoms with Gasteiger partial charge in [0.05, 0.1) is 22.8 Å². The lowest BCUT2D eigenvalue weighted by Gasteiger charge is -2.73. The molecule has 0 aromatic rings. The quantitative estimate of drug-likeness (QED) is 0.239. The van der Waals surface area contributed by atoms with E-state index in [0.717, 1.165) is 57.9 Å². The smallest absolute Gasteiger partial charge is 0.309 e. The maximum Gasteiger partial charge on any atom is 0.309 e. The van der Waals surface area contributed by atoms with Gasteiger partial charge in [-0.15, -0.1) is 0 Å². The van der Waals surface area contributed by atoms with Crippen LogP contribution in [0.5, 0.6) is 0 Å². The number of aliphatic carboxylic acids is 1. The van der Waals surface area contributed by atoms with Crippen molar-refractivity contribution in [3.8, 4) is 0 Å². The van der Waals surface area contributed by atoms with E-state index in [1.54, 1.807) is 0 Å². The second kappa shape index (κ2) is 13.4. The van der Waals surface area contributed by atoms with Crippen molar-refractivity contribution in [2.24, 2.45) is 79.8 Å². The Bertz CT molecular complexity index is 1530. The van der Waals surface area contributed by atoms with Gasteiger partial charge in [0.2, 0.25) is 5.91 Å². The van der Waals surface area contributed by atoms with Crippen LogP contribution in [0.2, 0.25) is 0 Å². The first-order chi connectivity index (χ1) is 25.8. The minimum atomic E-state index is -0.804. The second-order valence-corrected chi connectivity index (χ2v) is 23.5. The van der Waals surface area contributed by atoms with Crippen LogP contribution in [0.3, 0.4) is 0 Å². The highest BCUT2D eigenvalue weighted by Gasteiger charge is 2.72. The number of fused-ring (bicyclic) bond motifs is 7. The zero-order valence-corrected chi connectivity index (χ0v) is 36.4. The maximum atomic E-state index is 15.2. The molecule has 8 fully saturated rings. The number of esters is 1. The SMILES string of the molecule is CC(C)[C@@H]1CC[C@]2(C(=O)NC3(CN4CCCC4)CCCC3)CC[C@]3(C)[C@H](CC[C@@H]4[C@@]5(C)CC[C@H](OC(=O)[C@H]6C[C@@H](C(=O)O)C6(C)C)C(C)(C)[C@@H]5CC[C@]43C)[C@@H]12. The molecule has 12 atom stereocenters. The summed E-state index contributed by atoms with van der Waals surface area (Å²) in [6, 6.07) is 0. The number of ether oxygens (including phenoxy) is 1. The average Bonchev–Trinajstić information content (AvgIpc) is 3.87. The summed E-state index contributed by atoms with van der Waals surface area (Å²) in [6.07, 6.45) is 18.9. The van der Waals surface area contributed by atoms with Crippen LogP contribution in [-0.4, -0.2) is 59.1 Å². The lowest BCUT2D eigenvalue weighted by Crippen LogP contribution is -2.68. The number of likely N-dealkylation sites (tertiary alicyclic amines) is 1. The molecule has 1 heterocycles. The molecule has 0 aromatic carbocycles. The van der Waals surface area contributed by atoms with Gasteiger partial charge in [0.15, 0.2) is 0 Å². The summed E-state index contributed by atoms with van der Waals surface area (Å²) in [6.45, 7) is 24.9. The summed E-state index contributed by atoms with van der Waals surface area (Å²) in [5.74, 6) is 1.93. The Morgan fingerprint density at radius 1 is 0.727 bits per heavy atom. The molecule has 1 saturated heterocycles. The highest BCUT2D eigenvalue weighted by molar-refractivity contribution is 5.84. The van der Waals surface area contributed by atoms with Crippen LogP contribution in [-0.2, 0) is 19.1 Å². The summed E-state index contributed by atoms with van der Waals surface area (Å²) in [7, 11) is 0. The van der Waals surface area contributed by atoms with Gasteiger partial charge in [-0.1, -0.05) is 75.2 Å². The van der Waals surface area contributed by atoms with Crippen LogP contribution in [0.4, 0.5) is 0 Å². The fourth-order valence-electron chi connectivity index (χ4n) is 17.0. The number of carboxylic acid groups (broad SMARTS) is 1. The number of carboxylic acids is 1. The topological polar surface area (TPSA) is 95.9 Å². The van der Waals surface area contributed by atoms with Gasteiger partial charge in [-0.2, -0.15) is 0 Å². The number of amides is 1. The predicted molar refractivity (Wildman–Crippen MR) is 217 cm³/mol. The summed E-state index contributed by atoms with van der Waals surface area (Å²) in [4.78, 5) is 43.3. The number of carbonyl (C=O) groups excluding carboxylic acids is 2. The summed E-state index contributed by atoms with van der Waals surface area (Å²) in [5.41, 5.74) is -0.425. The average molecular weight is 763 g/mol. The van der Waals surface area contributed by atoms with E-state index < -0.39 is 17.3 Å². The molecule has 7 heteroatoms. The van der Waals surface area contributed by atoms with Crippen molar-refractivity contribution in [3.63, 3.8) is 0 Å². The van der Waals surface area contributed by atoms with Gasteiger partial charge in [-0.25, -0.2) is 0 Å². The molecule has 0 spiro atoms. The Hall–Kier alpha value is -1.63. The number of rotatable bonds is 8. The van der Waals surface area contributed by atoms with Crippen LogP contribution in [0.25, 0.3) is 0 Å². The number of carbonyl (C=O) groups is 3. The predicted octanol–water partition coefficient (Wildman–Crippen LogP) is 9.91. The van der Waals surface area contributed by atoms with E-state index in [2.05, 4.69) is 58.7 Å². The number of hydrogen-bond donors (Lipinski definition) is 2. The summed E-state index contributed by atoms with van der Waals surface area (Å²) >= 11 is 0. The van der Waals surface area contributed by atoms with Crippen LogP contribution in [0.15, 0.2) is 0 Å². The fourth-order valence-corrected chi connectivity index (χ4v) is 17.0. The van der Waals surface area contributed by atoms with Crippen molar-refractivity contribution in [3.05, 3.63) is 0 Å². The van der Waals surface area contributed by atoms with Crippen molar-refractivity contribution < 1.29 is 24.2 Å².